The molecule has 11 heavy (non-hydrogen) atoms. The van der Waals surface area contributed by atoms with Gasteiger partial charge < -0.3 is 5.11 Å². The summed E-state index contributed by atoms with van der Waals surface area (Å²) in [6, 6.07) is 0. The second-order valence-corrected chi connectivity index (χ2v) is 2.58. The number of hydrogen-bond donors (Lipinski definition) is 1. The molecule has 0 saturated carbocycles. The van der Waals surface area contributed by atoms with E-state index in [-0.39, 0.29) is 11.7 Å². The lowest BCUT2D eigenvalue weighted by atomic mass is 10.1. The fourth-order valence-corrected chi connectivity index (χ4v) is 0.545. The highest BCUT2D eigenvalue weighted by Gasteiger charge is 2.00. The minimum atomic E-state index is -1.26. The lowest BCUT2D eigenvalue weighted by Gasteiger charge is -1.95. The van der Waals surface area contributed by atoms with Gasteiger partial charge in [-0.05, 0) is 11.8 Å². The minimum absolute atomic E-state index is 0.227. The highest BCUT2D eigenvalue weighted by Crippen LogP contribution is 1.98. The van der Waals surface area contributed by atoms with Crippen molar-refractivity contribution in [1.82, 2.24) is 0 Å². The van der Waals surface area contributed by atoms with Crippen molar-refractivity contribution in [1.29, 1.82) is 0 Å². The molecule has 0 atom stereocenters. The van der Waals surface area contributed by atoms with Crippen molar-refractivity contribution in [3.05, 3.63) is 0 Å². The van der Waals surface area contributed by atoms with Crippen LogP contribution >= 0.6 is 0 Å². The molecule has 0 aliphatic carbocycles. The lowest BCUT2D eigenvalue weighted by Crippen LogP contribution is -2.00. The molecule has 0 saturated heterocycles. The van der Waals surface area contributed by atoms with Gasteiger partial charge in [0.1, 0.15) is 0 Å². The van der Waals surface area contributed by atoms with E-state index in [0.29, 0.717) is 6.42 Å². The van der Waals surface area contributed by atoms with E-state index in [1.807, 2.05) is 19.8 Å². The standard InChI is InChI=1S/C8H10O3/c1-6(2)5-7(9)3-4-8(10)11/h6H,5H2,1-2H3,(H,10,11). The smallest absolute Gasteiger partial charge is 0.382 e. The molecule has 0 heterocycles. The third-order valence-corrected chi connectivity index (χ3v) is 0.902. The summed E-state index contributed by atoms with van der Waals surface area (Å²) in [5, 5.41) is 8.07. The second kappa shape index (κ2) is 4.51. The maximum Gasteiger partial charge on any atom is 0.382 e. The molecular formula is C8H10O3. The van der Waals surface area contributed by atoms with Gasteiger partial charge >= 0.3 is 5.97 Å². The number of ketones is 1. The van der Waals surface area contributed by atoms with Gasteiger partial charge in [-0.2, -0.15) is 0 Å². The average Bonchev–Trinajstić information content (AvgIpc) is 1.82. The van der Waals surface area contributed by atoms with Crippen LogP contribution in [0.15, 0.2) is 0 Å². The van der Waals surface area contributed by atoms with Gasteiger partial charge in [0.05, 0.1) is 0 Å². The minimum Gasteiger partial charge on any atom is -0.472 e. The number of rotatable bonds is 2. The Morgan fingerprint density at radius 3 is 2.27 bits per heavy atom. The van der Waals surface area contributed by atoms with Crippen LogP contribution < -0.4 is 0 Å². The van der Waals surface area contributed by atoms with Gasteiger partial charge in [0.25, 0.3) is 0 Å². The molecule has 0 amide bonds. The molecule has 0 fully saturated rings. The van der Waals surface area contributed by atoms with Crippen LogP contribution in [0.4, 0.5) is 0 Å². The number of carboxylic acid groups (broad SMARTS) is 1. The summed E-state index contributed by atoms with van der Waals surface area (Å²) in [6.45, 7) is 3.75. The van der Waals surface area contributed by atoms with E-state index in [0.717, 1.165) is 0 Å². The van der Waals surface area contributed by atoms with E-state index >= 15 is 0 Å². The summed E-state index contributed by atoms with van der Waals surface area (Å²) in [4.78, 5) is 20.6. The van der Waals surface area contributed by atoms with Gasteiger partial charge in [-0.25, -0.2) is 4.79 Å². The van der Waals surface area contributed by atoms with Crippen molar-refractivity contribution in [2.45, 2.75) is 20.3 Å². The van der Waals surface area contributed by atoms with Gasteiger partial charge in [0.15, 0.2) is 0 Å². The monoisotopic (exact) mass is 154 g/mol. The average molecular weight is 154 g/mol. The number of Topliss-reactive ketones (excluding diaryl/α,β-unsaturated/α-hetero) is 1. The number of hydrogen-bond acceptors (Lipinski definition) is 2. The maximum atomic E-state index is 10.7. The first-order valence-corrected chi connectivity index (χ1v) is 3.30. The van der Waals surface area contributed by atoms with Crippen molar-refractivity contribution < 1.29 is 14.7 Å². The largest absolute Gasteiger partial charge is 0.472 e. The number of carbonyl (C=O) groups is 2. The number of aliphatic carboxylic acids is 1. The highest BCUT2D eigenvalue weighted by atomic mass is 16.4. The Labute approximate surface area is 65.4 Å². The molecule has 0 radical (unpaired) electrons. The summed E-state index contributed by atoms with van der Waals surface area (Å²) in [6.07, 6.45) is 0.320. The molecule has 3 nitrogen and oxygen atoms in total. The second-order valence-electron chi connectivity index (χ2n) is 2.58. The van der Waals surface area contributed by atoms with Crippen LogP contribution in [0.25, 0.3) is 0 Å². The van der Waals surface area contributed by atoms with Crippen LogP contribution in [0.1, 0.15) is 20.3 Å². The maximum absolute atomic E-state index is 10.7. The zero-order chi connectivity index (χ0) is 8.85. The first-order chi connectivity index (χ1) is 5.02. The molecular weight excluding hydrogens is 144 g/mol. The Kier molecular flexibility index (Phi) is 3.97. The van der Waals surface area contributed by atoms with E-state index in [1.54, 1.807) is 5.92 Å². The summed E-state index contributed by atoms with van der Waals surface area (Å²) < 4.78 is 0. The molecule has 0 rings (SSSR count). The highest BCUT2D eigenvalue weighted by molar-refractivity contribution is 6.01. The normalized spacial score (nSPS) is 8.64. The summed E-state index contributed by atoms with van der Waals surface area (Å²) >= 11 is 0. The molecule has 0 aliphatic rings. The van der Waals surface area contributed by atoms with Crippen LogP contribution in [-0.2, 0) is 9.59 Å². The Morgan fingerprint density at radius 2 is 1.91 bits per heavy atom. The van der Waals surface area contributed by atoms with Gasteiger partial charge in [-0.15, -0.1) is 0 Å². The van der Waals surface area contributed by atoms with Crippen LogP contribution in [-0.4, -0.2) is 16.9 Å². The van der Waals surface area contributed by atoms with Crippen molar-refractivity contribution in [3.8, 4) is 11.8 Å². The quantitative estimate of drug-likeness (QED) is 0.470. The zero-order valence-electron chi connectivity index (χ0n) is 6.55. The topological polar surface area (TPSA) is 54.4 Å². The first-order valence-electron chi connectivity index (χ1n) is 3.30. The fourth-order valence-electron chi connectivity index (χ4n) is 0.545. The molecule has 0 aromatic carbocycles. The van der Waals surface area contributed by atoms with E-state index in [1.165, 1.54) is 0 Å². The van der Waals surface area contributed by atoms with E-state index < -0.39 is 5.97 Å². The molecule has 0 aliphatic heterocycles. The van der Waals surface area contributed by atoms with Crippen LogP contribution in [0.3, 0.4) is 0 Å². The van der Waals surface area contributed by atoms with E-state index in [2.05, 4.69) is 0 Å². The summed E-state index contributed by atoms with van der Waals surface area (Å²) in [5.41, 5.74) is 0. The van der Waals surface area contributed by atoms with Crippen molar-refractivity contribution in [2.24, 2.45) is 5.92 Å². The fraction of sp³-hybridized carbons (Fsp3) is 0.500. The molecule has 1 N–H and O–H groups in total. The molecule has 0 spiro atoms. The van der Waals surface area contributed by atoms with Crippen molar-refractivity contribution in [2.75, 3.05) is 0 Å². The summed E-state index contributed by atoms with van der Waals surface area (Å²) in [7, 11) is 0. The zero-order valence-corrected chi connectivity index (χ0v) is 6.55. The van der Waals surface area contributed by atoms with Crippen LogP contribution in [0.2, 0.25) is 0 Å². The molecule has 0 aromatic heterocycles. The molecule has 0 aromatic rings. The number of carboxylic acids is 1. The van der Waals surface area contributed by atoms with Crippen LogP contribution in [0.5, 0.6) is 0 Å². The first kappa shape index (κ1) is 9.70. The van der Waals surface area contributed by atoms with E-state index in [9.17, 15) is 9.59 Å². The van der Waals surface area contributed by atoms with Crippen molar-refractivity contribution >= 4 is 11.8 Å². The Morgan fingerprint density at radius 1 is 1.36 bits per heavy atom. The third-order valence-electron chi connectivity index (χ3n) is 0.902. The van der Waals surface area contributed by atoms with Gasteiger partial charge in [-0.3, -0.25) is 4.79 Å². The molecule has 3 heteroatoms. The Hall–Kier alpha value is -1.30. The molecule has 0 unspecified atom stereocenters. The van der Waals surface area contributed by atoms with Gasteiger partial charge in [-0.1, -0.05) is 13.8 Å². The van der Waals surface area contributed by atoms with Gasteiger partial charge in [0.2, 0.25) is 5.78 Å². The van der Waals surface area contributed by atoms with E-state index in [4.69, 9.17) is 5.11 Å². The van der Waals surface area contributed by atoms with Crippen molar-refractivity contribution in [3.63, 3.8) is 0 Å². The Bertz CT molecular complexity index is 217. The molecule has 60 valence electrons. The third kappa shape index (κ3) is 6.59. The SMILES string of the molecule is CC(C)CC(=O)C#CC(=O)O. The molecule has 0 bridgehead atoms. The predicted octanol–water partition coefficient (Wildman–Crippen LogP) is 0.690. The van der Waals surface area contributed by atoms with Crippen LogP contribution in [0, 0.1) is 17.8 Å². The predicted molar refractivity (Wildman–Crippen MR) is 39.9 cm³/mol. The number of carbonyl (C=O) groups excluding carboxylic acids is 1. The summed E-state index contributed by atoms with van der Waals surface area (Å²) in [5.74, 6) is 2.44. The lowest BCUT2D eigenvalue weighted by molar-refractivity contribution is -0.130. The Balaban J connectivity index is 3.91. The van der Waals surface area contributed by atoms with Gasteiger partial charge in [0, 0.05) is 12.3 Å².